The number of anilines is 1. The average molecular weight is 230 g/mol. The molecule has 2 aromatic carbocycles. The minimum atomic E-state index is 0.0878. The summed E-state index contributed by atoms with van der Waals surface area (Å²) in [7, 11) is 0. The van der Waals surface area contributed by atoms with Crippen molar-refractivity contribution in [3.63, 3.8) is 0 Å². The molecule has 80 valence electrons. The third kappa shape index (κ3) is 1.57. The van der Waals surface area contributed by atoms with Crippen LogP contribution in [0.25, 0.3) is 0 Å². The van der Waals surface area contributed by atoms with Gasteiger partial charge in [-0.3, -0.25) is 0 Å². The lowest BCUT2D eigenvalue weighted by atomic mass is 10.1. The molecule has 0 unspecified atom stereocenters. The fourth-order valence-corrected chi connectivity index (χ4v) is 2.51. The van der Waals surface area contributed by atoms with E-state index in [0.29, 0.717) is 6.04 Å². The van der Waals surface area contributed by atoms with Gasteiger partial charge in [-0.25, -0.2) is 0 Å². The Balaban J connectivity index is 1.87. The third-order valence-corrected chi connectivity index (χ3v) is 3.38. The second-order valence-electron chi connectivity index (χ2n) is 3.97. The number of para-hydroxylation sites is 1. The second-order valence-corrected chi connectivity index (χ2v) is 4.42. The van der Waals surface area contributed by atoms with Crippen molar-refractivity contribution >= 4 is 17.3 Å². The monoisotopic (exact) mass is 229 g/mol. The lowest BCUT2D eigenvalue weighted by molar-refractivity contribution is 1.12. The van der Waals surface area contributed by atoms with Crippen LogP contribution < -0.4 is 4.90 Å². The van der Waals surface area contributed by atoms with Crippen LogP contribution >= 0.6 is 11.6 Å². The summed E-state index contributed by atoms with van der Waals surface area (Å²) in [6.45, 7) is 0. The summed E-state index contributed by atoms with van der Waals surface area (Å²) < 4.78 is 0. The largest absolute Gasteiger partial charge is 0.343 e. The number of hydrogen-bond donors (Lipinski definition) is 0. The highest BCUT2D eigenvalue weighted by Gasteiger charge is 2.47. The van der Waals surface area contributed by atoms with Crippen LogP contribution in [0.1, 0.15) is 11.6 Å². The van der Waals surface area contributed by atoms with Crippen LogP contribution in [0.3, 0.4) is 0 Å². The third-order valence-electron chi connectivity index (χ3n) is 2.93. The van der Waals surface area contributed by atoms with Gasteiger partial charge in [0, 0.05) is 5.69 Å². The fourth-order valence-electron chi connectivity index (χ4n) is 2.08. The van der Waals surface area contributed by atoms with Crippen LogP contribution in [0.5, 0.6) is 0 Å². The maximum absolute atomic E-state index is 6.31. The van der Waals surface area contributed by atoms with Crippen molar-refractivity contribution in [1.82, 2.24) is 0 Å². The highest BCUT2D eigenvalue weighted by molar-refractivity contribution is 6.25. The molecule has 1 heterocycles. The summed E-state index contributed by atoms with van der Waals surface area (Å²) in [6.07, 6.45) is 0. The molecule has 16 heavy (non-hydrogen) atoms. The lowest BCUT2D eigenvalue weighted by Gasteiger charge is -2.04. The van der Waals surface area contributed by atoms with Gasteiger partial charge >= 0.3 is 0 Å². The molecule has 2 atom stereocenters. The molecule has 0 saturated carbocycles. The molecule has 1 fully saturated rings. The van der Waals surface area contributed by atoms with Crippen molar-refractivity contribution in [1.29, 1.82) is 0 Å². The maximum Gasteiger partial charge on any atom is 0.129 e. The Kier molecular flexibility index (Phi) is 2.33. The minimum Gasteiger partial charge on any atom is -0.343 e. The van der Waals surface area contributed by atoms with Gasteiger partial charge in [0.1, 0.15) is 5.50 Å². The minimum absolute atomic E-state index is 0.0878. The Morgan fingerprint density at radius 1 is 0.812 bits per heavy atom. The first-order chi connectivity index (χ1) is 7.88. The van der Waals surface area contributed by atoms with Crippen LogP contribution in [0.15, 0.2) is 60.7 Å². The van der Waals surface area contributed by atoms with E-state index in [9.17, 15) is 0 Å². The topological polar surface area (TPSA) is 3.01 Å². The lowest BCUT2D eigenvalue weighted by Crippen LogP contribution is -1.94. The number of halogens is 1. The van der Waals surface area contributed by atoms with E-state index in [2.05, 4.69) is 41.3 Å². The molecule has 0 aliphatic carbocycles. The van der Waals surface area contributed by atoms with Crippen molar-refractivity contribution in [2.75, 3.05) is 4.90 Å². The van der Waals surface area contributed by atoms with Gasteiger partial charge in [-0.15, -0.1) is 0 Å². The highest BCUT2D eigenvalue weighted by Crippen LogP contribution is 2.48. The van der Waals surface area contributed by atoms with E-state index in [0.717, 1.165) is 0 Å². The van der Waals surface area contributed by atoms with Crippen LogP contribution in [-0.2, 0) is 0 Å². The van der Waals surface area contributed by atoms with Crippen molar-refractivity contribution < 1.29 is 0 Å². The summed E-state index contributed by atoms with van der Waals surface area (Å²) in [4.78, 5) is 2.22. The molecule has 0 amide bonds. The highest BCUT2D eigenvalue weighted by atomic mass is 35.5. The van der Waals surface area contributed by atoms with Gasteiger partial charge in [-0.05, 0) is 17.7 Å². The Labute approximate surface area is 100 Å². The van der Waals surface area contributed by atoms with Gasteiger partial charge < -0.3 is 4.90 Å². The Hall–Kier alpha value is -1.47. The van der Waals surface area contributed by atoms with E-state index in [1.807, 2.05) is 24.3 Å². The number of hydrogen-bond acceptors (Lipinski definition) is 1. The van der Waals surface area contributed by atoms with Gasteiger partial charge in [0.05, 0.1) is 6.04 Å². The molecule has 2 heteroatoms. The fraction of sp³-hybridized carbons (Fsp3) is 0.143. The molecule has 1 nitrogen and oxygen atoms in total. The molecule has 0 radical (unpaired) electrons. The van der Waals surface area contributed by atoms with E-state index >= 15 is 0 Å². The predicted molar refractivity (Wildman–Crippen MR) is 67.7 cm³/mol. The number of rotatable bonds is 2. The molecule has 2 aromatic rings. The van der Waals surface area contributed by atoms with Crippen LogP contribution in [0, 0.1) is 0 Å². The van der Waals surface area contributed by atoms with Gasteiger partial charge in [0.25, 0.3) is 0 Å². The number of benzene rings is 2. The quantitative estimate of drug-likeness (QED) is 0.430. The van der Waals surface area contributed by atoms with Crippen LogP contribution in [0.2, 0.25) is 0 Å². The van der Waals surface area contributed by atoms with Gasteiger partial charge in [0.15, 0.2) is 0 Å². The Bertz CT molecular complexity index is 423. The SMILES string of the molecule is Cl[C@H]1[C@@H](c2ccccc2)N1c1ccccc1. The summed E-state index contributed by atoms with van der Waals surface area (Å²) >= 11 is 6.31. The molecule has 0 aromatic heterocycles. The summed E-state index contributed by atoms with van der Waals surface area (Å²) in [5, 5.41) is 0. The first kappa shape index (κ1) is 9.73. The number of nitrogens with zero attached hydrogens (tertiary/aromatic N) is 1. The molecule has 1 aliphatic heterocycles. The standard InChI is InChI=1S/C14H12ClN/c15-14-13(11-7-3-1-4-8-11)16(14)12-9-5-2-6-10-12/h1-10,13-14H/t13-,14-,16?/m1/s1. The molecule has 1 saturated heterocycles. The predicted octanol–water partition coefficient (Wildman–Crippen LogP) is 3.81. The van der Waals surface area contributed by atoms with E-state index in [-0.39, 0.29) is 5.50 Å². The van der Waals surface area contributed by atoms with Gasteiger partial charge in [-0.1, -0.05) is 60.1 Å². The maximum atomic E-state index is 6.31. The Morgan fingerprint density at radius 3 is 2.00 bits per heavy atom. The first-order valence-corrected chi connectivity index (χ1v) is 5.84. The van der Waals surface area contributed by atoms with Crippen molar-refractivity contribution in [2.45, 2.75) is 11.5 Å². The van der Waals surface area contributed by atoms with E-state index < -0.39 is 0 Å². The smallest absolute Gasteiger partial charge is 0.129 e. The average Bonchev–Trinajstić information content (AvgIpc) is 3.03. The van der Waals surface area contributed by atoms with Crippen molar-refractivity contribution in [3.8, 4) is 0 Å². The molecule has 1 aliphatic rings. The molecule has 3 rings (SSSR count). The summed E-state index contributed by atoms with van der Waals surface area (Å²) in [5.74, 6) is 0. The first-order valence-electron chi connectivity index (χ1n) is 5.40. The normalized spacial score (nSPS) is 23.2. The van der Waals surface area contributed by atoms with Gasteiger partial charge in [-0.2, -0.15) is 0 Å². The van der Waals surface area contributed by atoms with Crippen molar-refractivity contribution in [2.24, 2.45) is 0 Å². The second kappa shape index (κ2) is 3.84. The zero-order valence-corrected chi connectivity index (χ0v) is 9.51. The van der Waals surface area contributed by atoms with E-state index in [1.54, 1.807) is 0 Å². The van der Waals surface area contributed by atoms with Crippen LogP contribution in [-0.4, -0.2) is 5.50 Å². The van der Waals surface area contributed by atoms with Gasteiger partial charge in [0.2, 0.25) is 0 Å². The van der Waals surface area contributed by atoms with Crippen LogP contribution in [0.4, 0.5) is 5.69 Å². The molecule has 0 N–H and O–H groups in total. The Morgan fingerprint density at radius 2 is 1.38 bits per heavy atom. The molecular formula is C14H12ClN. The van der Waals surface area contributed by atoms with Crippen molar-refractivity contribution in [3.05, 3.63) is 66.2 Å². The summed E-state index contributed by atoms with van der Waals surface area (Å²) in [6, 6.07) is 21.0. The molecule has 0 bridgehead atoms. The molecule has 0 spiro atoms. The zero-order chi connectivity index (χ0) is 11.0. The number of alkyl halides is 1. The zero-order valence-electron chi connectivity index (χ0n) is 8.75. The molecular weight excluding hydrogens is 218 g/mol. The van der Waals surface area contributed by atoms with E-state index in [1.165, 1.54) is 11.3 Å². The summed E-state index contributed by atoms with van der Waals surface area (Å²) in [5.41, 5.74) is 2.56. The van der Waals surface area contributed by atoms with E-state index in [4.69, 9.17) is 11.6 Å².